The molecule has 3 N–H and O–H groups in total. The Hall–Kier alpha value is -2.17. The summed E-state index contributed by atoms with van der Waals surface area (Å²) in [5, 5.41) is 2.81. The first-order valence-electron chi connectivity index (χ1n) is 4.41. The van der Waals surface area contributed by atoms with E-state index in [4.69, 9.17) is 5.73 Å². The molecule has 0 atom stereocenters. The molecule has 15 heavy (non-hydrogen) atoms. The molecule has 5 heteroatoms. The van der Waals surface area contributed by atoms with Crippen LogP contribution in [0.5, 0.6) is 0 Å². The summed E-state index contributed by atoms with van der Waals surface area (Å²) in [4.78, 5) is 25.7. The molecule has 0 aliphatic rings. The summed E-state index contributed by atoms with van der Waals surface area (Å²) in [5.41, 5.74) is 5.35. The third-order valence-corrected chi connectivity index (χ3v) is 2.14. The molecule has 0 fully saturated rings. The molecule has 0 aliphatic heterocycles. The van der Waals surface area contributed by atoms with Crippen molar-refractivity contribution in [2.75, 3.05) is 11.1 Å². The van der Waals surface area contributed by atoms with Crippen molar-refractivity contribution in [1.29, 1.82) is 0 Å². The SMILES string of the molecule is Nc1c(NCc2cccnc2)c(=O)c1=O. The van der Waals surface area contributed by atoms with Gasteiger partial charge in [-0.3, -0.25) is 14.6 Å². The third kappa shape index (κ3) is 1.59. The van der Waals surface area contributed by atoms with Crippen LogP contribution in [-0.4, -0.2) is 4.98 Å². The van der Waals surface area contributed by atoms with Crippen molar-refractivity contribution >= 4 is 11.4 Å². The fourth-order valence-electron chi connectivity index (χ4n) is 1.28. The molecule has 1 aromatic carbocycles. The average molecular weight is 203 g/mol. The lowest BCUT2D eigenvalue weighted by Gasteiger charge is -2.09. The second-order valence-corrected chi connectivity index (χ2v) is 3.16. The van der Waals surface area contributed by atoms with Crippen LogP contribution >= 0.6 is 0 Å². The van der Waals surface area contributed by atoms with Crippen LogP contribution in [0.4, 0.5) is 11.4 Å². The highest BCUT2D eigenvalue weighted by Gasteiger charge is 2.16. The summed E-state index contributed by atoms with van der Waals surface area (Å²) in [6, 6.07) is 3.66. The highest BCUT2D eigenvalue weighted by Crippen LogP contribution is 2.10. The third-order valence-electron chi connectivity index (χ3n) is 2.14. The first-order valence-corrected chi connectivity index (χ1v) is 4.41. The van der Waals surface area contributed by atoms with Gasteiger partial charge in [0.1, 0.15) is 11.4 Å². The van der Waals surface area contributed by atoms with Gasteiger partial charge in [0.05, 0.1) is 0 Å². The normalized spacial score (nSPS) is 10.4. The number of anilines is 2. The number of pyridine rings is 1. The Morgan fingerprint density at radius 2 is 2.13 bits per heavy atom. The highest BCUT2D eigenvalue weighted by atomic mass is 16.2. The highest BCUT2D eigenvalue weighted by molar-refractivity contribution is 5.71. The van der Waals surface area contributed by atoms with E-state index in [9.17, 15) is 9.59 Å². The zero-order chi connectivity index (χ0) is 10.8. The van der Waals surface area contributed by atoms with Crippen molar-refractivity contribution in [3.8, 4) is 0 Å². The van der Waals surface area contributed by atoms with Crippen LogP contribution in [0.3, 0.4) is 0 Å². The van der Waals surface area contributed by atoms with E-state index in [0.29, 0.717) is 6.54 Å². The van der Waals surface area contributed by atoms with Crippen molar-refractivity contribution < 1.29 is 0 Å². The van der Waals surface area contributed by atoms with E-state index in [0.717, 1.165) is 5.56 Å². The molecule has 0 radical (unpaired) electrons. The second kappa shape index (κ2) is 3.53. The molecule has 0 aliphatic carbocycles. The van der Waals surface area contributed by atoms with E-state index in [1.165, 1.54) is 0 Å². The molecule has 2 aromatic rings. The van der Waals surface area contributed by atoms with Crippen LogP contribution in [0, 0.1) is 0 Å². The van der Waals surface area contributed by atoms with E-state index in [1.54, 1.807) is 18.5 Å². The Bertz CT molecular complexity index is 541. The molecule has 0 amide bonds. The fourth-order valence-corrected chi connectivity index (χ4v) is 1.28. The van der Waals surface area contributed by atoms with E-state index < -0.39 is 10.9 Å². The lowest BCUT2D eigenvalue weighted by atomic mass is 10.2. The van der Waals surface area contributed by atoms with Gasteiger partial charge in [-0.05, 0) is 11.6 Å². The molecule has 76 valence electrons. The van der Waals surface area contributed by atoms with Gasteiger partial charge in [-0.15, -0.1) is 0 Å². The topological polar surface area (TPSA) is 85.1 Å². The molecule has 0 bridgehead atoms. The van der Waals surface area contributed by atoms with Crippen LogP contribution in [0.2, 0.25) is 0 Å². The van der Waals surface area contributed by atoms with Crippen LogP contribution in [0.1, 0.15) is 5.56 Å². The molecule has 0 spiro atoms. The molecular formula is C10H9N3O2. The maximum absolute atomic E-state index is 11.0. The first-order chi connectivity index (χ1) is 7.20. The van der Waals surface area contributed by atoms with Crippen LogP contribution in [0.25, 0.3) is 0 Å². The molecular weight excluding hydrogens is 194 g/mol. The number of nitrogens with one attached hydrogen (secondary N) is 1. The summed E-state index contributed by atoms with van der Waals surface area (Å²) >= 11 is 0. The zero-order valence-corrected chi connectivity index (χ0v) is 7.86. The number of rotatable bonds is 3. The standard InChI is InChI=1S/C10H9N3O2/c11-7-8(10(15)9(7)14)13-5-6-2-1-3-12-4-6/h1-4,13H,5,11H2. The minimum absolute atomic E-state index is 0.0175. The van der Waals surface area contributed by atoms with Crippen LogP contribution in [0.15, 0.2) is 34.1 Å². The van der Waals surface area contributed by atoms with Gasteiger partial charge in [-0.1, -0.05) is 6.07 Å². The summed E-state index contributed by atoms with van der Waals surface area (Å²) < 4.78 is 0. The predicted octanol–water partition coefficient (Wildman–Crippen LogP) is -0.128. The molecule has 0 unspecified atom stereocenters. The lowest BCUT2D eigenvalue weighted by Crippen LogP contribution is -2.36. The number of hydrogen-bond acceptors (Lipinski definition) is 5. The van der Waals surface area contributed by atoms with Gasteiger partial charge in [0, 0.05) is 18.9 Å². The molecule has 1 heterocycles. The van der Waals surface area contributed by atoms with E-state index in [-0.39, 0.29) is 11.4 Å². The molecule has 2 rings (SSSR count). The lowest BCUT2D eigenvalue weighted by molar-refractivity contribution is 1.10. The number of hydrogen-bond donors (Lipinski definition) is 2. The first kappa shape index (κ1) is 9.39. The van der Waals surface area contributed by atoms with Gasteiger partial charge in [-0.2, -0.15) is 0 Å². The Labute approximate surface area is 85.3 Å². The van der Waals surface area contributed by atoms with Crippen LogP contribution < -0.4 is 21.9 Å². The van der Waals surface area contributed by atoms with Crippen molar-refractivity contribution in [3.63, 3.8) is 0 Å². The summed E-state index contributed by atoms with van der Waals surface area (Å²) in [7, 11) is 0. The van der Waals surface area contributed by atoms with E-state index >= 15 is 0 Å². The maximum atomic E-state index is 11.0. The Morgan fingerprint density at radius 3 is 2.73 bits per heavy atom. The van der Waals surface area contributed by atoms with Crippen molar-refractivity contribution in [3.05, 3.63) is 50.5 Å². The quantitative estimate of drug-likeness (QED) is 0.679. The maximum Gasteiger partial charge on any atom is 0.253 e. The molecule has 0 saturated heterocycles. The Balaban J connectivity index is 2.07. The summed E-state index contributed by atoms with van der Waals surface area (Å²) in [6.07, 6.45) is 3.34. The van der Waals surface area contributed by atoms with Crippen molar-refractivity contribution in [2.45, 2.75) is 6.54 Å². The van der Waals surface area contributed by atoms with E-state index in [1.807, 2.05) is 6.07 Å². The molecule has 0 saturated carbocycles. The average Bonchev–Trinajstić information content (AvgIpc) is 2.30. The van der Waals surface area contributed by atoms with Gasteiger partial charge in [0.15, 0.2) is 0 Å². The molecule has 5 nitrogen and oxygen atoms in total. The number of nitrogens with two attached hydrogens (primary N) is 1. The minimum atomic E-state index is -0.608. The minimum Gasteiger partial charge on any atom is -0.394 e. The van der Waals surface area contributed by atoms with Crippen molar-refractivity contribution in [2.24, 2.45) is 0 Å². The number of aromatic nitrogens is 1. The van der Waals surface area contributed by atoms with Crippen LogP contribution in [-0.2, 0) is 6.54 Å². The number of nitrogens with zero attached hydrogens (tertiary/aromatic N) is 1. The monoisotopic (exact) mass is 203 g/mol. The number of nitrogen functional groups attached to an aromatic ring is 1. The van der Waals surface area contributed by atoms with Crippen molar-refractivity contribution in [1.82, 2.24) is 4.98 Å². The zero-order valence-electron chi connectivity index (χ0n) is 7.86. The predicted molar refractivity (Wildman–Crippen MR) is 57.3 cm³/mol. The van der Waals surface area contributed by atoms with Gasteiger partial charge in [0.2, 0.25) is 0 Å². The smallest absolute Gasteiger partial charge is 0.253 e. The summed E-state index contributed by atoms with van der Waals surface area (Å²) in [5.74, 6) is 0. The Morgan fingerprint density at radius 1 is 1.33 bits per heavy atom. The van der Waals surface area contributed by atoms with E-state index in [2.05, 4.69) is 10.3 Å². The summed E-state index contributed by atoms with van der Waals surface area (Å²) in [6.45, 7) is 0.433. The molecule has 1 aromatic heterocycles. The van der Waals surface area contributed by atoms with Gasteiger partial charge in [-0.25, -0.2) is 0 Å². The van der Waals surface area contributed by atoms with Gasteiger partial charge in [0.25, 0.3) is 10.9 Å². The van der Waals surface area contributed by atoms with Gasteiger partial charge >= 0.3 is 0 Å². The Kier molecular flexibility index (Phi) is 2.21. The second-order valence-electron chi connectivity index (χ2n) is 3.16. The largest absolute Gasteiger partial charge is 0.394 e. The van der Waals surface area contributed by atoms with Gasteiger partial charge < -0.3 is 11.1 Å². The fraction of sp³-hybridized carbons (Fsp3) is 0.100.